The van der Waals surface area contributed by atoms with Gasteiger partial charge in [-0.25, -0.2) is 4.98 Å². The first-order valence-electron chi connectivity index (χ1n) is 10.6. The van der Waals surface area contributed by atoms with Crippen molar-refractivity contribution in [3.05, 3.63) is 89.5 Å². The summed E-state index contributed by atoms with van der Waals surface area (Å²) in [6.45, 7) is 4.76. The van der Waals surface area contributed by atoms with Gasteiger partial charge in [0.25, 0.3) is 0 Å². The van der Waals surface area contributed by atoms with Crippen LogP contribution in [0.15, 0.2) is 77.7 Å². The summed E-state index contributed by atoms with van der Waals surface area (Å²) >= 11 is 3.32. The number of rotatable bonds is 8. The third-order valence-corrected chi connectivity index (χ3v) is 7.25. The molecule has 1 amide bonds. The molecule has 0 saturated heterocycles. The molecule has 0 saturated carbocycles. The molecule has 4 aromatic rings. The van der Waals surface area contributed by atoms with Crippen LogP contribution >= 0.6 is 23.1 Å². The van der Waals surface area contributed by atoms with E-state index in [-0.39, 0.29) is 5.91 Å². The van der Waals surface area contributed by atoms with Crippen LogP contribution in [-0.4, -0.2) is 16.6 Å². The zero-order chi connectivity index (χ0) is 21.6. The number of thiazole rings is 1. The summed E-state index contributed by atoms with van der Waals surface area (Å²) in [6, 6.07) is 24.9. The van der Waals surface area contributed by atoms with Gasteiger partial charge < -0.3 is 0 Å². The monoisotopic (exact) mass is 446 g/mol. The van der Waals surface area contributed by atoms with Crippen molar-refractivity contribution < 1.29 is 4.79 Å². The molecule has 158 valence electrons. The number of carbonyl (C=O) groups excluding carboxylic acids is 1. The van der Waals surface area contributed by atoms with E-state index in [1.54, 1.807) is 23.1 Å². The van der Waals surface area contributed by atoms with Gasteiger partial charge in [0.1, 0.15) is 0 Å². The maximum Gasteiger partial charge on any atom is 0.229 e. The average molecular weight is 447 g/mol. The van der Waals surface area contributed by atoms with Crippen LogP contribution in [0.1, 0.15) is 30.0 Å². The van der Waals surface area contributed by atoms with E-state index in [4.69, 9.17) is 4.98 Å². The summed E-state index contributed by atoms with van der Waals surface area (Å²) in [5, 5.41) is 0.782. The average Bonchev–Trinajstić information content (AvgIpc) is 3.23. The van der Waals surface area contributed by atoms with Crippen molar-refractivity contribution in [2.24, 2.45) is 0 Å². The summed E-state index contributed by atoms with van der Waals surface area (Å²) in [7, 11) is 0. The van der Waals surface area contributed by atoms with E-state index in [0.29, 0.717) is 13.0 Å². The van der Waals surface area contributed by atoms with E-state index < -0.39 is 0 Å². The lowest BCUT2D eigenvalue weighted by Crippen LogP contribution is -2.30. The number of nitrogens with zero attached hydrogens (tertiary/aromatic N) is 2. The molecule has 1 aromatic heterocycles. The van der Waals surface area contributed by atoms with Crippen molar-refractivity contribution in [1.82, 2.24) is 4.98 Å². The maximum absolute atomic E-state index is 13.3. The summed E-state index contributed by atoms with van der Waals surface area (Å²) < 4.78 is 1.13. The van der Waals surface area contributed by atoms with Gasteiger partial charge in [0.05, 0.1) is 16.8 Å². The Morgan fingerprint density at radius 1 is 1.00 bits per heavy atom. The molecule has 0 aliphatic rings. The highest BCUT2D eigenvalue weighted by Gasteiger charge is 2.20. The number of hydrogen-bond acceptors (Lipinski definition) is 4. The number of amides is 1. The summed E-state index contributed by atoms with van der Waals surface area (Å²) in [6.07, 6.45) is 1.41. The van der Waals surface area contributed by atoms with Crippen molar-refractivity contribution in [3.63, 3.8) is 0 Å². The highest BCUT2D eigenvalue weighted by atomic mass is 32.2. The maximum atomic E-state index is 13.3. The van der Waals surface area contributed by atoms with Gasteiger partial charge in [-0.05, 0) is 42.7 Å². The van der Waals surface area contributed by atoms with Gasteiger partial charge in [0.2, 0.25) is 5.91 Å². The van der Waals surface area contributed by atoms with Crippen molar-refractivity contribution in [3.8, 4) is 0 Å². The number of aryl methyl sites for hydroxylation is 2. The zero-order valence-corrected chi connectivity index (χ0v) is 19.5. The Kier molecular flexibility index (Phi) is 7.05. The van der Waals surface area contributed by atoms with Gasteiger partial charge in [-0.2, -0.15) is 0 Å². The second kappa shape index (κ2) is 10.1. The fourth-order valence-electron chi connectivity index (χ4n) is 3.45. The first-order chi connectivity index (χ1) is 15.1. The lowest BCUT2D eigenvalue weighted by molar-refractivity contribution is -0.118. The van der Waals surface area contributed by atoms with Gasteiger partial charge in [-0.1, -0.05) is 78.4 Å². The lowest BCUT2D eigenvalue weighted by atomic mass is 10.1. The number of hydrogen-bond donors (Lipinski definition) is 0. The van der Waals surface area contributed by atoms with Gasteiger partial charge >= 0.3 is 0 Å². The van der Waals surface area contributed by atoms with Crippen molar-refractivity contribution in [1.29, 1.82) is 0 Å². The van der Waals surface area contributed by atoms with E-state index in [1.165, 1.54) is 16.0 Å². The molecule has 3 aromatic carbocycles. The minimum atomic E-state index is 0.112. The largest absolute Gasteiger partial charge is 0.284 e. The molecule has 0 N–H and O–H groups in total. The molecule has 0 bridgehead atoms. The molecule has 5 heteroatoms. The predicted octanol–water partition coefficient (Wildman–Crippen LogP) is 6.88. The molecular formula is C26H26N2OS2. The molecular weight excluding hydrogens is 420 g/mol. The van der Waals surface area contributed by atoms with Crippen LogP contribution in [0.25, 0.3) is 10.2 Å². The van der Waals surface area contributed by atoms with Crippen LogP contribution in [0, 0.1) is 6.92 Å². The topological polar surface area (TPSA) is 33.2 Å². The van der Waals surface area contributed by atoms with Crippen molar-refractivity contribution >= 4 is 44.4 Å². The summed E-state index contributed by atoms with van der Waals surface area (Å²) in [5.41, 5.74) is 4.60. The fraction of sp³-hybridized carbons (Fsp3) is 0.231. The summed E-state index contributed by atoms with van der Waals surface area (Å²) in [4.78, 5) is 21.2. The molecule has 4 rings (SSSR count). The Labute approximate surface area is 192 Å². The minimum absolute atomic E-state index is 0.112. The molecule has 0 unspecified atom stereocenters. The molecule has 0 atom stereocenters. The molecule has 31 heavy (non-hydrogen) atoms. The molecule has 0 aliphatic carbocycles. The van der Waals surface area contributed by atoms with Crippen molar-refractivity contribution in [2.75, 3.05) is 10.7 Å². The number of aromatic nitrogens is 1. The Balaban J connectivity index is 1.55. The Morgan fingerprint density at radius 2 is 1.77 bits per heavy atom. The molecule has 3 nitrogen and oxygen atoms in total. The number of carbonyl (C=O) groups is 1. The first-order valence-corrected chi connectivity index (χ1v) is 12.4. The highest BCUT2D eigenvalue weighted by molar-refractivity contribution is 7.99. The van der Waals surface area contributed by atoms with Crippen LogP contribution in [0.4, 0.5) is 5.13 Å². The number of anilines is 1. The van der Waals surface area contributed by atoms with Gasteiger partial charge in [-0.3, -0.25) is 9.69 Å². The molecule has 0 fully saturated rings. The Bertz CT molecular complexity index is 1150. The van der Waals surface area contributed by atoms with E-state index in [0.717, 1.165) is 33.1 Å². The van der Waals surface area contributed by atoms with Crippen LogP contribution < -0.4 is 4.90 Å². The quantitative estimate of drug-likeness (QED) is 0.277. The normalized spacial score (nSPS) is 11.0. The third kappa shape index (κ3) is 5.35. The van der Waals surface area contributed by atoms with Crippen LogP contribution in [0.2, 0.25) is 0 Å². The van der Waals surface area contributed by atoms with Gasteiger partial charge in [-0.15, -0.1) is 11.8 Å². The molecule has 0 aliphatic heterocycles. The van der Waals surface area contributed by atoms with E-state index in [1.807, 2.05) is 23.1 Å². The highest BCUT2D eigenvalue weighted by Crippen LogP contribution is 2.32. The Hall–Kier alpha value is -2.63. The Morgan fingerprint density at radius 3 is 2.52 bits per heavy atom. The van der Waals surface area contributed by atoms with E-state index in [9.17, 15) is 4.79 Å². The molecule has 1 heterocycles. The van der Waals surface area contributed by atoms with E-state index in [2.05, 4.69) is 68.4 Å². The minimum Gasteiger partial charge on any atom is -0.284 e. The van der Waals surface area contributed by atoms with Gasteiger partial charge in [0, 0.05) is 17.1 Å². The molecule has 0 radical (unpaired) electrons. The standard InChI is InChI=1S/C26H26N2OS2/c1-3-21-10-7-11-23-25(21)27-26(31-23)28(18-20-8-5-4-6-9-20)24(29)16-17-30-22-14-12-19(2)13-15-22/h4-15H,3,16-18H2,1-2H3. The number of fused-ring (bicyclic) bond motifs is 1. The smallest absolute Gasteiger partial charge is 0.229 e. The van der Waals surface area contributed by atoms with Crippen LogP contribution in [-0.2, 0) is 17.8 Å². The zero-order valence-electron chi connectivity index (χ0n) is 17.9. The van der Waals surface area contributed by atoms with Crippen molar-refractivity contribution in [2.45, 2.75) is 38.1 Å². The van der Waals surface area contributed by atoms with Crippen LogP contribution in [0.5, 0.6) is 0 Å². The summed E-state index contributed by atoms with van der Waals surface area (Å²) in [5.74, 6) is 0.860. The second-order valence-corrected chi connectivity index (χ2v) is 9.67. The predicted molar refractivity (Wildman–Crippen MR) is 133 cm³/mol. The number of para-hydroxylation sites is 1. The lowest BCUT2D eigenvalue weighted by Gasteiger charge is -2.20. The SMILES string of the molecule is CCc1cccc2sc(N(Cc3ccccc3)C(=O)CCSc3ccc(C)cc3)nc12. The number of benzene rings is 3. The fourth-order valence-corrected chi connectivity index (χ4v) is 5.32. The van der Waals surface area contributed by atoms with E-state index >= 15 is 0 Å². The van der Waals surface area contributed by atoms with Gasteiger partial charge in [0.15, 0.2) is 5.13 Å². The third-order valence-electron chi connectivity index (χ3n) is 5.19. The first kappa shape index (κ1) is 21.6. The number of thioether (sulfide) groups is 1. The van der Waals surface area contributed by atoms with Crippen LogP contribution in [0.3, 0.4) is 0 Å². The molecule has 0 spiro atoms. The second-order valence-electron chi connectivity index (χ2n) is 7.49.